The molecule has 0 aliphatic rings. The van der Waals surface area contributed by atoms with Crippen LogP contribution < -0.4 is 5.56 Å². The van der Waals surface area contributed by atoms with Gasteiger partial charge in [0.1, 0.15) is 11.6 Å². The Labute approximate surface area is 159 Å². The van der Waals surface area contributed by atoms with E-state index >= 15 is 0 Å². The van der Waals surface area contributed by atoms with Gasteiger partial charge in [-0.05, 0) is 47.0 Å². The van der Waals surface area contributed by atoms with Crippen LogP contribution in [-0.2, 0) is 6.54 Å². The second kappa shape index (κ2) is 7.33. The zero-order valence-corrected chi connectivity index (χ0v) is 15.1. The van der Waals surface area contributed by atoms with Gasteiger partial charge in [0.25, 0.3) is 5.56 Å². The summed E-state index contributed by atoms with van der Waals surface area (Å²) in [6.07, 6.45) is 1.69. The summed E-state index contributed by atoms with van der Waals surface area (Å²) in [7, 11) is 0. The normalized spacial score (nSPS) is 10.5. The van der Waals surface area contributed by atoms with Crippen molar-refractivity contribution in [2.75, 3.05) is 0 Å². The molecule has 1 heterocycles. The molecule has 124 valence electrons. The summed E-state index contributed by atoms with van der Waals surface area (Å²) in [5.74, 6) is 0. The Kier molecular flexibility index (Phi) is 5.15. The fraction of sp³-hybridized carbons (Fsp3) is 0.0526. The lowest BCUT2D eigenvalue weighted by atomic mass is 10.1. The number of halogens is 3. The van der Waals surface area contributed by atoms with Gasteiger partial charge in [0.05, 0.1) is 6.54 Å². The Morgan fingerprint density at radius 1 is 0.960 bits per heavy atom. The van der Waals surface area contributed by atoms with Crippen LogP contribution in [0.2, 0.25) is 15.1 Å². The Hall–Kier alpha value is -2.25. The largest absolute Gasteiger partial charge is 0.309 e. The highest BCUT2D eigenvalue weighted by Gasteiger charge is 2.10. The number of hydrogen-bond acceptors (Lipinski definition) is 2. The fourth-order valence-corrected chi connectivity index (χ4v) is 3.15. The van der Waals surface area contributed by atoms with E-state index in [-0.39, 0.29) is 17.7 Å². The van der Waals surface area contributed by atoms with Crippen molar-refractivity contribution >= 4 is 34.8 Å². The van der Waals surface area contributed by atoms with Crippen LogP contribution >= 0.6 is 34.8 Å². The molecular formula is C19H11Cl3N2O. The highest BCUT2D eigenvalue weighted by atomic mass is 35.5. The summed E-state index contributed by atoms with van der Waals surface area (Å²) in [5.41, 5.74) is 1.96. The van der Waals surface area contributed by atoms with E-state index < -0.39 is 0 Å². The molecular weight excluding hydrogens is 379 g/mol. The maximum atomic E-state index is 12.5. The van der Waals surface area contributed by atoms with Crippen molar-refractivity contribution in [2.45, 2.75) is 6.54 Å². The maximum absolute atomic E-state index is 12.5. The highest BCUT2D eigenvalue weighted by molar-refractivity contribution is 6.35. The third-order valence-electron chi connectivity index (χ3n) is 3.72. The number of benzene rings is 2. The smallest absolute Gasteiger partial charge is 0.268 e. The van der Waals surface area contributed by atoms with Gasteiger partial charge in [-0.3, -0.25) is 4.79 Å². The first-order valence-corrected chi connectivity index (χ1v) is 8.46. The number of hydrogen-bond donors (Lipinski definition) is 0. The van der Waals surface area contributed by atoms with Gasteiger partial charge in [0.2, 0.25) is 0 Å². The maximum Gasteiger partial charge on any atom is 0.268 e. The van der Waals surface area contributed by atoms with Crippen molar-refractivity contribution in [1.82, 2.24) is 4.57 Å². The molecule has 6 heteroatoms. The lowest BCUT2D eigenvalue weighted by Gasteiger charge is -2.11. The minimum atomic E-state index is -0.376. The van der Waals surface area contributed by atoms with Crippen LogP contribution in [0.4, 0.5) is 0 Å². The van der Waals surface area contributed by atoms with E-state index in [0.29, 0.717) is 15.1 Å². The molecule has 25 heavy (non-hydrogen) atoms. The van der Waals surface area contributed by atoms with Crippen molar-refractivity contribution in [3.8, 4) is 17.2 Å². The van der Waals surface area contributed by atoms with E-state index in [2.05, 4.69) is 0 Å². The van der Waals surface area contributed by atoms with E-state index in [1.54, 1.807) is 42.6 Å². The second-order valence-electron chi connectivity index (χ2n) is 5.43. The Bertz CT molecular complexity index is 1050. The first-order chi connectivity index (χ1) is 12.0. The van der Waals surface area contributed by atoms with Crippen LogP contribution in [0.15, 0.2) is 59.5 Å². The quantitative estimate of drug-likeness (QED) is 0.602. The van der Waals surface area contributed by atoms with Crippen molar-refractivity contribution in [3.05, 3.63) is 91.3 Å². The molecule has 0 spiro atoms. The molecule has 0 radical (unpaired) electrons. The highest BCUT2D eigenvalue weighted by Crippen LogP contribution is 2.24. The standard InChI is InChI=1S/C19H11Cl3N2O/c20-16-3-1-2-12(7-16)15-6-14(9-23)19(25)24(11-15)10-13-4-5-17(21)8-18(13)22/h1-8,11H,10H2. The van der Waals surface area contributed by atoms with Crippen LogP contribution in [-0.4, -0.2) is 4.57 Å². The molecule has 0 bridgehead atoms. The van der Waals surface area contributed by atoms with E-state index in [9.17, 15) is 10.1 Å². The lowest BCUT2D eigenvalue weighted by molar-refractivity contribution is 0.758. The third-order valence-corrected chi connectivity index (χ3v) is 4.54. The molecule has 0 aliphatic carbocycles. The monoisotopic (exact) mass is 388 g/mol. The van der Waals surface area contributed by atoms with Crippen LogP contribution in [0.1, 0.15) is 11.1 Å². The molecule has 3 nitrogen and oxygen atoms in total. The van der Waals surface area contributed by atoms with E-state index in [4.69, 9.17) is 34.8 Å². The van der Waals surface area contributed by atoms with Crippen molar-refractivity contribution in [3.63, 3.8) is 0 Å². The predicted molar refractivity (Wildman–Crippen MR) is 101 cm³/mol. The molecule has 2 aromatic carbocycles. The number of nitrogens with zero attached hydrogens (tertiary/aromatic N) is 2. The molecule has 0 unspecified atom stereocenters. The van der Waals surface area contributed by atoms with Gasteiger partial charge >= 0.3 is 0 Å². The molecule has 3 aromatic rings. The molecule has 0 N–H and O–H groups in total. The molecule has 0 saturated heterocycles. The number of nitriles is 1. The summed E-state index contributed by atoms with van der Waals surface area (Å²) in [4.78, 5) is 12.5. The SMILES string of the molecule is N#Cc1cc(-c2cccc(Cl)c2)cn(Cc2ccc(Cl)cc2Cl)c1=O. The van der Waals surface area contributed by atoms with Crippen molar-refractivity contribution < 1.29 is 0 Å². The number of pyridine rings is 1. The Morgan fingerprint density at radius 2 is 1.72 bits per heavy atom. The summed E-state index contributed by atoms with van der Waals surface area (Å²) in [5, 5.41) is 10.9. The summed E-state index contributed by atoms with van der Waals surface area (Å²) < 4.78 is 1.46. The zero-order chi connectivity index (χ0) is 18.0. The Morgan fingerprint density at radius 3 is 2.40 bits per heavy atom. The minimum Gasteiger partial charge on any atom is -0.309 e. The molecule has 0 fully saturated rings. The van der Waals surface area contributed by atoms with Crippen LogP contribution in [0.25, 0.3) is 11.1 Å². The summed E-state index contributed by atoms with van der Waals surface area (Å²) in [6.45, 7) is 0.234. The van der Waals surface area contributed by atoms with E-state index in [0.717, 1.165) is 16.7 Å². The molecule has 0 saturated carbocycles. The number of aromatic nitrogens is 1. The fourth-order valence-electron chi connectivity index (χ4n) is 2.49. The van der Waals surface area contributed by atoms with E-state index in [1.807, 2.05) is 18.2 Å². The second-order valence-corrected chi connectivity index (χ2v) is 6.71. The van der Waals surface area contributed by atoms with Gasteiger partial charge in [-0.15, -0.1) is 0 Å². The summed E-state index contributed by atoms with van der Waals surface area (Å²) in [6, 6.07) is 15.8. The molecule has 3 rings (SSSR count). The molecule has 0 aliphatic heterocycles. The van der Waals surface area contributed by atoms with Gasteiger partial charge in [-0.25, -0.2) is 0 Å². The topological polar surface area (TPSA) is 45.8 Å². The van der Waals surface area contributed by atoms with Crippen LogP contribution in [0.5, 0.6) is 0 Å². The average molecular weight is 390 g/mol. The van der Waals surface area contributed by atoms with E-state index in [1.165, 1.54) is 4.57 Å². The lowest BCUT2D eigenvalue weighted by Crippen LogP contribution is -2.23. The Balaban J connectivity index is 2.11. The van der Waals surface area contributed by atoms with Gasteiger partial charge in [-0.1, -0.05) is 53.0 Å². The molecule has 0 atom stereocenters. The predicted octanol–water partition coefficient (Wildman–Crippen LogP) is 5.40. The first kappa shape index (κ1) is 17.6. The summed E-state index contributed by atoms with van der Waals surface area (Å²) >= 11 is 18.2. The molecule has 1 aromatic heterocycles. The zero-order valence-electron chi connectivity index (χ0n) is 12.8. The van der Waals surface area contributed by atoms with Crippen LogP contribution in [0.3, 0.4) is 0 Å². The van der Waals surface area contributed by atoms with Gasteiger partial charge in [0, 0.05) is 21.3 Å². The van der Waals surface area contributed by atoms with Crippen molar-refractivity contribution in [1.29, 1.82) is 5.26 Å². The van der Waals surface area contributed by atoms with Gasteiger partial charge in [-0.2, -0.15) is 5.26 Å². The van der Waals surface area contributed by atoms with Gasteiger partial charge < -0.3 is 4.57 Å². The third kappa shape index (κ3) is 3.88. The number of rotatable bonds is 3. The van der Waals surface area contributed by atoms with Gasteiger partial charge in [0.15, 0.2) is 0 Å². The van der Waals surface area contributed by atoms with Crippen molar-refractivity contribution in [2.24, 2.45) is 0 Å². The first-order valence-electron chi connectivity index (χ1n) is 7.32. The van der Waals surface area contributed by atoms with Crippen LogP contribution in [0, 0.1) is 11.3 Å². The minimum absolute atomic E-state index is 0.0579. The average Bonchev–Trinajstić information content (AvgIpc) is 2.59. The molecule has 0 amide bonds.